The molecular formula is C21H29ClN4O5S. The van der Waals surface area contributed by atoms with Gasteiger partial charge in [0.05, 0.1) is 10.6 Å². The largest absolute Gasteiger partial charge is 0.383 e. The van der Waals surface area contributed by atoms with Crippen LogP contribution in [0.2, 0.25) is 5.02 Å². The number of sulfone groups is 1. The van der Waals surface area contributed by atoms with Crippen molar-refractivity contribution in [2.75, 3.05) is 22.9 Å². The van der Waals surface area contributed by atoms with E-state index in [-0.39, 0.29) is 35.3 Å². The van der Waals surface area contributed by atoms with Gasteiger partial charge in [-0.1, -0.05) is 38.8 Å². The Labute approximate surface area is 192 Å². The number of H-pyrrole nitrogens is 1. The molecule has 3 N–H and O–H groups in total. The highest BCUT2D eigenvalue weighted by molar-refractivity contribution is 7.91. The summed E-state index contributed by atoms with van der Waals surface area (Å²) >= 11 is 5.81. The molecule has 0 aliphatic rings. The van der Waals surface area contributed by atoms with E-state index in [2.05, 4.69) is 4.98 Å². The molecule has 0 radical (unpaired) electrons. The molecule has 0 saturated heterocycles. The lowest BCUT2D eigenvalue weighted by Gasteiger charge is -2.26. The number of aromatic nitrogens is 2. The lowest BCUT2D eigenvalue weighted by atomic mass is 10.2. The highest BCUT2D eigenvalue weighted by atomic mass is 35.5. The minimum Gasteiger partial charge on any atom is -0.383 e. The van der Waals surface area contributed by atoms with Gasteiger partial charge < -0.3 is 10.6 Å². The first-order valence-electron chi connectivity index (χ1n) is 10.4. The molecule has 0 atom stereocenters. The number of halogens is 1. The summed E-state index contributed by atoms with van der Waals surface area (Å²) in [6, 6.07) is 5.67. The summed E-state index contributed by atoms with van der Waals surface area (Å²) < 4.78 is 26.5. The van der Waals surface area contributed by atoms with Gasteiger partial charge in [-0.25, -0.2) is 13.2 Å². The number of unbranched alkanes of at least 4 members (excludes halogenated alkanes) is 1. The summed E-state index contributed by atoms with van der Waals surface area (Å²) in [7, 11) is -3.74. The fraction of sp³-hybridized carbons (Fsp3) is 0.476. The van der Waals surface area contributed by atoms with Crippen molar-refractivity contribution in [3.05, 3.63) is 50.1 Å². The van der Waals surface area contributed by atoms with Crippen molar-refractivity contribution < 1.29 is 13.2 Å². The zero-order chi connectivity index (χ0) is 24.1. The Bertz CT molecular complexity index is 1170. The maximum atomic E-state index is 13.1. The van der Waals surface area contributed by atoms with Gasteiger partial charge in [0.2, 0.25) is 5.91 Å². The van der Waals surface area contributed by atoms with Crippen molar-refractivity contribution in [1.29, 1.82) is 0 Å². The molecule has 32 heavy (non-hydrogen) atoms. The van der Waals surface area contributed by atoms with E-state index in [9.17, 15) is 22.8 Å². The van der Waals surface area contributed by atoms with Crippen LogP contribution in [0, 0.1) is 5.92 Å². The van der Waals surface area contributed by atoms with Crippen LogP contribution in [-0.2, 0) is 21.2 Å². The van der Waals surface area contributed by atoms with Gasteiger partial charge in [-0.05, 0) is 36.6 Å². The molecule has 0 saturated carbocycles. The molecule has 1 aromatic heterocycles. The second-order valence-corrected chi connectivity index (χ2v) is 10.5. The molecule has 2 aromatic rings. The van der Waals surface area contributed by atoms with Crippen LogP contribution >= 0.6 is 11.6 Å². The second-order valence-electron chi connectivity index (χ2n) is 7.92. The van der Waals surface area contributed by atoms with Crippen LogP contribution < -0.4 is 21.9 Å². The highest BCUT2D eigenvalue weighted by Crippen LogP contribution is 2.21. The Hall–Kier alpha value is -2.59. The molecule has 0 aliphatic heterocycles. The number of hydrogen-bond donors (Lipinski definition) is 2. The Morgan fingerprint density at radius 2 is 1.84 bits per heavy atom. The van der Waals surface area contributed by atoms with Crippen molar-refractivity contribution in [2.45, 2.75) is 51.5 Å². The lowest BCUT2D eigenvalue weighted by molar-refractivity contribution is -0.118. The maximum absolute atomic E-state index is 13.1. The average Bonchev–Trinajstić information content (AvgIpc) is 2.71. The van der Waals surface area contributed by atoms with Crippen LogP contribution in [0.25, 0.3) is 0 Å². The van der Waals surface area contributed by atoms with Crippen LogP contribution in [0.1, 0.15) is 40.0 Å². The maximum Gasteiger partial charge on any atom is 0.330 e. The van der Waals surface area contributed by atoms with Crippen molar-refractivity contribution >= 4 is 38.9 Å². The van der Waals surface area contributed by atoms with Crippen molar-refractivity contribution in [1.82, 2.24) is 9.55 Å². The number of anilines is 2. The highest BCUT2D eigenvalue weighted by Gasteiger charge is 2.26. The van der Waals surface area contributed by atoms with Gasteiger partial charge in [-0.15, -0.1) is 0 Å². The van der Waals surface area contributed by atoms with Gasteiger partial charge in [0.25, 0.3) is 5.56 Å². The number of nitrogen functional groups attached to an aromatic ring is 1. The predicted octanol–water partition coefficient (Wildman–Crippen LogP) is 2.43. The molecule has 11 heteroatoms. The Morgan fingerprint density at radius 1 is 1.22 bits per heavy atom. The van der Waals surface area contributed by atoms with E-state index < -0.39 is 32.7 Å². The topological polar surface area (TPSA) is 135 Å². The zero-order valence-corrected chi connectivity index (χ0v) is 20.0. The van der Waals surface area contributed by atoms with E-state index in [0.29, 0.717) is 18.0 Å². The second kappa shape index (κ2) is 10.8. The standard InChI is InChI=1S/C21H29ClN4O5S/c1-4-5-11-25-19(23)18(20(28)24-21(25)29)26(13-14(2)3)17(27)10-12-32(30,31)16-8-6-15(22)7-9-16/h6-9,14H,4-5,10-13,23H2,1-3H3,(H,24,28,29). The Balaban J connectivity index is 2.38. The normalized spacial score (nSPS) is 11.7. The summed E-state index contributed by atoms with van der Waals surface area (Å²) in [5, 5.41) is 0.399. The number of carbonyl (C=O) groups is 1. The number of benzene rings is 1. The molecule has 176 valence electrons. The minimum atomic E-state index is -3.74. The number of aromatic amines is 1. The van der Waals surface area contributed by atoms with Crippen molar-refractivity contribution in [3.8, 4) is 0 Å². The summed E-state index contributed by atoms with van der Waals surface area (Å²) in [5.41, 5.74) is 4.58. The van der Waals surface area contributed by atoms with Crippen LogP contribution in [-0.4, -0.2) is 36.2 Å². The monoisotopic (exact) mass is 484 g/mol. The smallest absolute Gasteiger partial charge is 0.330 e. The Kier molecular flexibility index (Phi) is 8.68. The molecule has 9 nitrogen and oxygen atoms in total. The Morgan fingerprint density at radius 3 is 2.41 bits per heavy atom. The summed E-state index contributed by atoms with van der Waals surface area (Å²) in [5.74, 6) is -1.17. The summed E-state index contributed by atoms with van der Waals surface area (Å²) in [6.07, 6.45) is 1.11. The van der Waals surface area contributed by atoms with Crippen LogP contribution in [0.4, 0.5) is 11.5 Å². The van der Waals surface area contributed by atoms with Gasteiger partial charge in [0, 0.05) is 24.5 Å². The minimum absolute atomic E-state index is 0.0401. The fourth-order valence-electron chi connectivity index (χ4n) is 3.18. The predicted molar refractivity (Wildman–Crippen MR) is 126 cm³/mol. The van der Waals surface area contributed by atoms with Crippen LogP contribution in [0.5, 0.6) is 0 Å². The molecule has 0 spiro atoms. The fourth-order valence-corrected chi connectivity index (χ4v) is 4.53. The number of hydrogen-bond acceptors (Lipinski definition) is 6. The van der Waals surface area contributed by atoms with Crippen molar-refractivity contribution in [2.24, 2.45) is 5.92 Å². The van der Waals surface area contributed by atoms with Gasteiger partial charge in [0.15, 0.2) is 15.5 Å². The first kappa shape index (κ1) is 25.7. The molecule has 0 fully saturated rings. The SMILES string of the molecule is CCCCn1c(N)c(N(CC(C)C)C(=O)CCS(=O)(=O)c2ccc(Cl)cc2)c(=O)[nH]c1=O. The van der Waals surface area contributed by atoms with Gasteiger partial charge >= 0.3 is 5.69 Å². The average molecular weight is 485 g/mol. The number of carbonyl (C=O) groups excluding carboxylic acids is 1. The first-order valence-corrected chi connectivity index (χ1v) is 12.4. The number of rotatable bonds is 10. The number of nitrogens with one attached hydrogen (secondary N) is 1. The van der Waals surface area contributed by atoms with E-state index >= 15 is 0 Å². The summed E-state index contributed by atoms with van der Waals surface area (Å²) in [6.45, 7) is 6.08. The number of nitrogens with two attached hydrogens (primary N) is 1. The quantitative estimate of drug-likeness (QED) is 0.531. The molecule has 0 aliphatic carbocycles. The molecule has 0 unspecified atom stereocenters. The lowest BCUT2D eigenvalue weighted by Crippen LogP contribution is -2.43. The molecule has 0 bridgehead atoms. The van der Waals surface area contributed by atoms with Crippen LogP contribution in [0.15, 0.2) is 38.8 Å². The number of amides is 1. The molecule has 2 rings (SSSR count). The van der Waals surface area contributed by atoms with Crippen molar-refractivity contribution in [3.63, 3.8) is 0 Å². The van der Waals surface area contributed by atoms with E-state index in [1.807, 2.05) is 20.8 Å². The van der Waals surface area contributed by atoms with E-state index in [1.165, 1.54) is 33.7 Å². The third-order valence-corrected chi connectivity index (χ3v) is 6.81. The van der Waals surface area contributed by atoms with Gasteiger partial charge in [-0.2, -0.15) is 0 Å². The summed E-state index contributed by atoms with van der Waals surface area (Å²) in [4.78, 5) is 41.3. The van der Waals surface area contributed by atoms with E-state index in [1.54, 1.807) is 0 Å². The van der Waals surface area contributed by atoms with Gasteiger partial charge in [-0.3, -0.25) is 19.1 Å². The molecular weight excluding hydrogens is 456 g/mol. The van der Waals surface area contributed by atoms with E-state index in [0.717, 1.165) is 6.42 Å². The molecule has 1 amide bonds. The molecule has 1 aromatic carbocycles. The van der Waals surface area contributed by atoms with Gasteiger partial charge in [0.1, 0.15) is 5.82 Å². The third-order valence-electron chi connectivity index (χ3n) is 4.83. The number of nitrogens with zero attached hydrogens (tertiary/aromatic N) is 2. The third kappa shape index (κ3) is 6.23. The van der Waals surface area contributed by atoms with E-state index in [4.69, 9.17) is 17.3 Å². The molecule has 1 heterocycles. The first-order chi connectivity index (χ1) is 15.0. The van der Waals surface area contributed by atoms with Crippen LogP contribution in [0.3, 0.4) is 0 Å². The zero-order valence-electron chi connectivity index (χ0n) is 18.4.